The van der Waals surface area contributed by atoms with Crippen LogP contribution < -0.4 is 10.4 Å². The molecule has 0 aromatic heterocycles. The zero-order valence-corrected chi connectivity index (χ0v) is 12.0. The smallest absolute Gasteiger partial charge is 0.416 e. The van der Waals surface area contributed by atoms with Gasteiger partial charge < -0.3 is 20.3 Å². The summed E-state index contributed by atoms with van der Waals surface area (Å²) in [5.41, 5.74) is -5.36. The second-order valence-electron chi connectivity index (χ2n) is 5.66. The summed E-state index contributed by atoms with van der Waals surface area (Å²) >= 11 is 0. The summed E-state index contributed by atoms with van der Waals surface area (Å²) in [5, 5.41) is 22.8. The van der Waals surface area contributed by atoms with Gasteiger partial charge in [-0.05, 0) is 43.0 Å². The van der Waals surface area contributed by atoms with Crippen LogP contribution in [0.1, 0.15) is 42.1 Å². The van der Waals surface area contributed by atoms with E-state index in [2.05, 4.69) is 0 Å². The Balaban J connectivity index is 2.50. The van der Waals surface area contributed by atoms with Crippen LogP contribution in [-0.2, 0) is 12.4 Å². The largest absolute Gasteiger partial charge is 0.530 e. The Hall–Kier alpha value is -1.97. The van der Waals surface area contributed by atoms with Crippen LogP contribution in [0, 0.1) is 0 Å². The molecule has 4 nitrogen and oxygen atoms in total. The standard InChI is InChI=1S/C14H13F6NO3/c15-13(16,17)8-4-7(5-9(6-8)14(18,19)20)10(22)12(2-1-3-12)21-11(23)24/h4-6,10,21-22H,1-3H2,(H,23,24)/p-1. The van der Waals surface area contributed by atoms with Gasteiger partial charge in [0.15, 0.2) is 0 Å². The number of halogens is 6. The maximum atomic E-state index is 12.8. The minimum Gasteiger partial charge on any atom is -0.530 e. The topological polar surface area (TPSA) is 72.4 Å². The van der Waals surface area contributed by atoms with Crippen molar-refractivity contribution in [2.45, 2.75) is 43.3 Å². The first kappa shape index (κ1) is 18.4. The fraction of sp³-hybridized carbons (Fsp3) is 0.500. The Labute approximate surface area is 132 Å². The molecule has 10 heteroatoms. The Morgan fingerprint density at radius 2 is 1.54 bits per heavy atom. The van der Waals surface area contributed by atoms with E-state index in [1.165, 1.54) is 0 Å². The highest BCUT2D eigenvalue weighted by Crippen LogP contribution is 2.44. The Kier molecular flexibility index (Phi) is 4.47. The van der Waals surface area contributed by atoms with Crippen LogP contribution in [-0.4, -0.2) is 16.7 Å². The van der Waals surface area contributed by atoms with Crippen LogP contribution in [0.15, 0.2) is 18.2 Å². The van der Waals surface area contributed by atoms with Crippen LogP contribution in [0.3, 0.4) is 0 Å². The lowest BCUT2D eigenvalue weighted by molar-refractivity contribution is -0.256. The lowest BCUT2D eigenvalue weighted by Crippen LogP contribution is -2.60. The maximum absolute atomic E-state index is 12.8. The highest BCUT2D eigenvalue weighted by Gasteiger charge is 2.46. The molecule has 1 aliphatic rings. The fourth-order valence-corrected chi connectivity index (χ4v) is 2.68. The molecular formula is C14H12F6NO3-. The van der Waals surface area contributed by atoms with Crippen molar-refractivity contribution in [1.82, 2.24) is 5.32 Å². The number of carbonyl (C=O) groups is 1. The lowest BCUT2D eigenvalue weighted by Gasteiger charge is -2.47. The molecule has 24 heavy (non-hydrogen) atoms. The third kappa shape index (κ3) is 3.58. The molecule has 1 unspecified atom stereocenters. The number of aliphatic hydroxyl groups is 1. The van der Waals surface area contributed by atoms with Gasteiger partial charge in [0.2, 0.25) is 0 Å². The predicted octanol–water partition coefficient (Wildman–Crippen LogP) is 2.61. The van der Waals surface area contributed by atoms with E-state index < -0.39 is 46.8 Å². The van der Waals surface area contributed by atoms with Gasteiger partial charge in [-0.2, -0.15) is 26.3 Å². The third-order valence-electron chi connectivity index (χ3n) is 4.05. The van der Waals surface area contributed by atoms with E-state index in [9.17, 15) is 41.4 Å². The summed E-state index contributed by atoms with van der Waals surface area (Å²) in [6.07, 6.45) is -13.1. The van der Waals surface area contributed by atoms with Gasteiger partial charge in [-0.3, -0.25) is 0 Å². The van der Waals surface area contributed by atoms with E-state index in [4.69, 9.17) is 0 Å². The molecule has 2 N–H and O–H groups in total. The van der Waals surface area contributed by atoms with Crippen molar-refractivity contribution in [2.24, 2.45) is 0 Å². The number of nitrogens with one attached hydrogen (secondary N) is 1. The predicted molar refractivity (Wildman–Crippen MR) is 66.5 cm³/mol. The molecule has 1 atom stereocenters. The molecule has 0 bridgehead atoms. The second kappa shape index (κ2) is 5.83. The monoisotopic (exact) mass is 356 g/mol. The van der Waals surface area contributed by atoms with E-state index in [0.717, 1.165) is 0 Å². The summed E-state index contributed by atoms with van der Waals surface area (Å²) in [4.78, 5) is 10.7. The molecule has 0 spiro atoms. The molecule has 1 aromatic rings. The number of rotatable bonds is 3. The van der Waals surface area contributed by atoms with E-state index in [1.54, 1.807) is 0 Å². The first-order valence-electron chi connectivity index (χ1n) is 6.82. The number of carboxylic acid groups (broad SMARTS) is 1. The molecule has 1 saturated carbocycles. The van der Waals surface area contributed by atoms with Crippen molar-refractivity contribution in [3.8, 4) is 0 Å². The van der Waals surface area contributed by atoms with Crippen molar-refractivity contribution < 1.29 is 41.4 Å². The molecule has 0 saturated heterocycles. The Morgan fingerprint density at radius 3 is 1.83 bits per heavy atom. The van der Waals surface area contributed by atoms with E-state index in [-0.39, 0.29) is 18.9 Å². The van der Waals surface area contributed by atoms with Crippen LogP contribution in [0.4, 0.5) is 31.1 Å². The van der Waals surface area contributed by atoms with Gasteiger partial charge in [-0.15, -0.1) is 0 Å². The zero-order chi connectivity index (χ0) is 18.3. The molecule has 1 amide bonds. The summed E-state index contributed by atoms with van der Waals surface area (Å²) in [7, 11) is 0. The van der Waals surface area contributed by atoms with Gasteiger partial charge >= 0.3 is 12.4 Å². The first-order valence-corrected chi connectivity index (χ1v) is 6.82. The van der Waals surface area contributed by atoms with Crippen LogP contribution in [0.5, 0.6) is 0 Å². The summed E-state index contributed by atoms with van der Waals surface area (Å²) < 4.78 is 77.0. The molecule has 1 aromatic carbocycles. The number of benzene rings is 1. The number of aliphatic hydroxyl groups excluding tert-OH is 1. The minimum atomic E-state index is -5.05. The van der Waals surface area contributed by atoms with Gasteiger partial charge in [0.05, 0.1) is 16.7 Å². The summed E-state index contributed by atoms with van der Waals surface area (Å²) in [5.74, 6) is 0. The van der Waals surface area contributed by atoms with E-state index in [0.29, 0.717) is 18.6 Å². The van der Waals surface area contributed by atoms with Crippen molar-refractivity contribution >= 4 is 6.09 Å². The molecule has 1 aliphatic carbocycles. The minimum absolute atomic E-state index is 0.0597. The van der Waals surface area contributed by atoms with Crippen molar-refractivity contribution in [1.29, 1.82) is 0 Å². The fourth-order valence-electron chi connectivity index (χ4n) is 2.68. The third-order valence-corrected chi connectivity index (χ3v) is 4.05. The molecule has 0 heterocycles. The summed E-state index contributed by atoms with van der Waals surface area (Å²) in [6.45, 7) is 0. The quantitative estimate of drug-likeness (QED) is 0.818. The van der Waals surface area contributed by atoms with E-state index >= 15 is 0 Å². The molecule has 2 rings (SSSR count). The van der Waals surface area contributed by atoms with Crippen molar-refractivity contribution in [3.63, 3.8) is 0 Å². The van der Waals surface area contributed by atoms with Crippen molar-refractivity contribution in [2.75, 3.05) is 0 Å². The summed E-state index contributed by atoms with van der Waals surface area (Å²) in [6, 6.07) is 0.712. The molecule has 134 valence electrons. The molecular weight excluding hydrogens is 344 g/mol. The van der Waals surface area contributed by atoms with E-state index in [1.807, 2.05) is 5.32 Å². The number of carbonyl (C=O) groups excluding carboxylic acids is 1. The highest BCUT2D eigenvalue weighted by atomic mass is 19.4. The Bertz CT molecular complexity index is 604. The number of alkyl halides is 6. The normalized spacial score (nSPS) is 18.6. The molecule has 0 aliphatic heterocycles. The molecule has 0 radical (unpaired) electrons. The van der Waals surface area contributed by atoms with Gasteiger partial charge in [0, 0.05) is 0 Å². The average Bonchev–Trinajstić information content (AvgIpc) is 2.39. The van der Waals surface area contributed by atoms with Gasteiger partial charge in [0.1, 0.15) is 12.2 Å². The molecule has 1 fully saturated rings. The lowest BCUT2D eigenvalue weighted by atomic mass is 9.70. The number of hydrogen-bond donors (Lipinski definition) is 2. The van der Waals surface area contributed by atoms with Crippen LogP contribution in [0.2, 0.25) is 0 Å². The van der Waals surface area contributed by atoms with Crippen LogP contribution >= 0.6 is 0 Å². The number of amides is 1. The SMILES string of the molecule is O=C([O-])NC1(C(O)c2cc(C(F)(F)F)cc(C(F)(F)F)c2)CCC1. The van der Waals surface area contributed by atoms with Gasteiger partial charge in [-0.25, -0.2) is 0 Å². The second-order valence-corrected chi connectivity index (χ2v) is 5.66. The van der Waals surface area contributed by atoms with Crippen LogP contribution in [0.25, 0.3) is 0 Å². The number of hydrogen-bond acceptors (Lipinski definition) is 3. The van der Waals surface area contributed by atoms with Gasteiger partial charge in [-0.1, -0.05) is 0 Å². The van der Waals surface area contributed by atoms with Gasteiger partial charge in [0.25, 0.3) is 0 Å². The highest BCUT2D eigenvalue weighted by molar-refractivity contribution is 5.63. The van der Waals surface area contributed by atoms with Crippen molar-refractivity contribution in [3.05, 3.63) is 34.9 Å². The Morgan fingerprint density at radius 1 is 1.08 bits per heavy atom. The maximum Gasteiger partial charge on any atom is 0.416 e. The average molecular weight is 356 g/mol. The zero-order valence-electron chi connectivity index (χ0n) is 12.0. The first-order chi connectivity index (χ1) is 10.8.